The van der Waals surface area contributed by atoms with Crippen molar-refractivity contribution in [3.05, 3.63) is 81.7 Å². The van der Waals surface area contributed by atoms with Crippen LogP contribution in [-0.4, -0.2) is 40.3 Å². The van der Waals surface area contributed by atoms with E-state index in [1.165, 1.54) is 18.8 Å². The Labute approximate surface area is 247 Å². The van der Waals surface area contributed by atoms with Gasteiger partial charge in [0.15, 0.2) is 0 Å². The third-order valence-electron chi connectivity index (χ3n) is 5.47. The van der Waals surface area contributed by atoms with Crippen LogP contribution in [0.25, 0.3) is 6.08 Å². The molecule has 1 aliphatic rings. The molecule has 1 atom stereocenters. The van der Waals surface area contributed by atoms with E-state index in [1.807, 2.05) is 56.9 Å². The third-order valence-corrected chi connectivity index (χ3v) is 7.02. The second-order valence-corrected chi connectivity index (χ2v) is 10.6. The highest BCUT2D eigenvalue weighted by molar-refractivity contribution is 7.99. The molecule has 0 radical (unpaired) electrons. The number of rotatable bonds is 7. The Bertz CT molecular complexity index is 1190. The van der Waals surface area contributed by atoms with Crippen LogP contribution >= 0.6 is 35.0 Å². The van der Waals surface area contributed by atoms with Crippen LogP contribution in [0.2, 0.25) is 10.0 Å². The van der Waals surface area contributed by atoms with Gasteiger partial charge in [-0.3, -0.25) is 4.98 Å². The minimum absolute atomic E-state index is 0.271. The first-order valence-electron chi connectivity index (χ1n) is 13.2. The zero-order valence-corrected chi connectivity index (χ0v) is 25.7. The SMILES string of the molecule is CC.CC(Oc1ccc(N)c(C(=N)/C=C/c2ccc(N3CCSCC3)nc2)c1)c1c(Cl)cncc1Cl.CCC. The van der Waals surface area contributed by atoms with E-state index >= 15 is 0 Å². The maximum atomic E-state index is 8.53. The number of anilines is 2. The number of nitrogen functional groups attached to an aromatic ring is 1. The van der Waals surface area contributed by atoms with Crippen molar-refractivity contribution in [3.63, 3.8) is 0 Å². The number of nitrogens with one attached hydrogen (secondary N) is 1. The van der Waals surface area contributed by atoms with E-state index in [4.69, 9.17) is 39.1 Å². The van der Waals surface area contributed by atoms with Gasteiger partial charge in [0.05, 0.1) is 15.8 Å². The fraction of sp³-hybridized carbons (Fsp3) is 0.367. The minimum Gasteiger partial charge on any atom is -0.486 e. The van der Waals surface area contributed by atoms with Gasteiger partial charge in [-0.05, 0) is 48.9 Å². The van der Waals surface area contributed by atoms with Gasteiger partial charge in [-0.2, -0.15) is 11.8 Å². The minimum atomic E-state index is -0.410. The van der Waals surface area contributed by atoms with E-state index in [-0.39, 0.29) is 5.71 Å². The summed E-state index contributed by atoms with van der Waals surface area (Å²) in [7, 11) is 0. The van der Waals surface area contributed by atoms with Crippen LogP contribution in [-0.2, 0) is 0 Å². The van der Waals surface area contributed by atoms with Gasteiger partial charge in [0.25, 0.3) is 0 Å². The Morgan fingerprint density at radius 3 is 2.33 bits per heavy atom. The molecule has 0 spiro atoms. The molecular weight excluding hydrogens is 549 g/mol. The average Bonchev–Trinajstić information content (AvgIpc) is 2.95. The molecule has 9 heteroatoms. The van der Waals surface area contributed by atoms with Crippen molar-refractivity contribution >= 4 is 58.3 Å². The number of benzene rings is 1. The average molecular weight is 589 g/mol. The number of nitrogens with zero attached hydrogens (tertiary/aromatic N) is 3. The number of hydrogen-bond acceptors (Lipinski definition) is 7. The van der Waals surface area contributed by atoms with E-state index in [0.29, 0.717) is 32.6 Å². The first-order valence-corrected chi connectivity index (χ1v) is 15.2. The van der Waals surface area contributed by atoms with Crippen molar-refractivity contribution in [2.75, 3.05) is 35.2 Å². The van der Waals surface area contributed by atoms with Crippen molar-refractivity contribution < 1.29 is 4.74 Å². The molecule has 6 nitrogen and oxygen atoms in total. The summed E-state index contributed by atoms with van der Waals surface area (Å²) < 4.78 is 6.05. The number of pyridine rings is 2. The maximum Gasteiger partial charge on any atom is 0.128 e. The Hall–Kier alpha value is -2.74. The molecule has 3 heterocycles. The summed E-state index contributed by atoms with van der Waals surface area (Å²) in [4.78, 5) is 10.9. The first kappa shape index (κ1) is 32.5. The molecule has 3 aromatic rings. The summed E-state index contributed by atoms with van der Waals surface area (Å²) >= 11 is 14.5. The summed E-state index contributed by atoms with van der Waals surface area (Å²) in [5.41, 5.74) is 9.06. The lowest BCUT2D eigenvalue weighted by molar-refractivity contribution is 0.227. The summed E-state index contributed by atoms with van der Waals surface area (Å²) in [6.07, 6.45) is 9.30. The van der Waals surface area contributed by atoms with Gasteiger partial charge in [-0.1, -0.05) is 63.4 Å². The number of thioether (sulfide) groups is 1. The molecule has 0 amide bonds. The van der Waals surface area contributed by atoms with Gasteiger partial charge in [0.1, 0.15) is 17.7 Å². The van der Waals surface area contributed by atoms with E-state index < -0.39 is 6.10 Å². The maximum absolute atomic E-state index is 8.53. The van der Waals surface area contributed by atoms with Crippen molar-refractivity contribution in [1.82, 2.24) is 9.97 Å². The van der Waals surface area contributed by atoms with Crippen LogP contribution in [0.4, 0.5) is 11.5 Å². The molecule has 1 saturated heterocycles. The van der Waals surface area contributed by atoms with E-state index in [1.54, 1.807) is 24.3 Å². The molecule has 0 aliphatic carbocycles. The Balaban J connectivity index is 0.000000998. The lowest BCUT2D eigenvalue weighted by Gasteiger charge is -2.27. The molecule has 3 N–H and O–H groups in total. The van der Waals surface area contributed by atoms with Crippen LogP contribution < -0.4 is 15.4 Å². The number of halogens is 2. The van der Waals surface area contributed by atoms with Crippen molar-refractivity contribution in [1.29, 1.82) is 5.41 Å². The second-order valence-electron chi connectivity index (χ2n) is 8.53. The molecule has 1 aliphatic heterocycles. The zero-order chi connectivity index (χ0) is 28.8. The molecule has 1 fully saturated rings. The summed E-state index contributed by atoms with van der Waals surface area (Å²) in [6.45, 7) is 12.1. The van der Waals surface area contributed by atoms with Crippen LogP contribution in [0.5, 0.6) is 5.75 Å². The fourth-order valence-corrected chi connectivity index (χ4v) is 5.23. The highest BCUT2D eigenvalue weighted by Gasteiger charge is 2.17. The van der Waals surface area contributed by atoms with Crippen LogP contribution in [0.15, 0.2) is 55.0 Å². The molecule has 1 unspecified atom stereocenters. The smallest absolute Gasteiger partial charge is 0.128 e. The van der Waals surface area contributed by atoms with E-state index in [0.717, 1.165) is 36.0 Å². The van der Waals surface area contributed by atoms with Crippen LogP contribution in [0, 0.1) is 5.41 Å². The summed E-state index contributed by atoms with van der Waals surface area (Å²) in [5, 5.41) is 9.40. The number of nitrogens with two attached hydrogens (primary N) is 1. The Morgan fingerprint density at radius 1 is 1.10 bits per heavy atom. The molecule has 0 bridgehead atoms. The summed E-state index contributed by atoms with van der Waals surface area (Å²) in [6, 6.07) is 9.27. The monoisotopic (exact) mass is 587 g/mol. The normalized spacial score (nSPS) is 13.6. The topological polar surface area (TPSA) is 88.1 Å². The molecule has 210 valence electrons. The highest BCUT2D eigenvalue weighted by Crippen LogP contribution is 2.33. The predicted molar refractivity (Wildman–Crippen MR) is 171 cm³/mol. The standard InChI is InChI=1S/C25H25Cl2N5OS.C3H8.C2H6/c1-16(25-20(26)14-30-15-21(25)27)33-18-4-6-23(29)19(12-18)22(28)5-2-17-3-7-24(31-13-17)32-8-10-34-11-9-32;1-3-2;1-2/h2-7,12-16,28H,8-11,29H2,1H3;3H2,1-2H3;1-2H3/b5-2+,28-22?;;. The molecule has 1 aromatic carbocycles. The lowest BCUT2D eigenvalue weighted by Crippen LogP contribution is -2.32. The van der Waals surface area contributed by atoms with E-state index in [2.05, 4.69) is 28.7 Å². The highest BCUT2D eigenvalue weighted by atomic mass is 35.5. The second kappa shape index (κ2) is 17.1. The number of allylic oxidation sites excluding steroid dienone is 1. The van der Waals surface area contributed by atoms with Gasteiger partial charge in [-0.25, -0.2) is 4.98 Å². The van der Waals surface area contributed by atoms with Gasteiger partial charge >= 0.3 is 0 Å². The zero-order valence-electron chi connectivity index (χ0n) is 23.4. The van der Waals surface area contributed by atoms with Crippen LogP contribution in [0.1, 0.15) is 63.8 Å². The van der Waals surface area contributed by atoms with E-state index in [9.17, 15) is 0 Å². The van der Waals surface area contributed by atoms with Gasteiger partial charge < -0.3 is 20.8 Å². The van der Waals surface area contributed by atoms with Gasteiger partial charge in [0, 0.05) is 60.0 Å². The number of ether oxygens (including phenoxy) is 1. The summed E-state index contributed by atoms with van der Waals surface area (Å²) in [5.74, 6) is 3.81. The number of hydrogen-bond donors (Lipinski definition) is 2. The number of aromatic nitrogens is 2. The molecule has 2 aromatic heterocycles. The fourth-order valence-electron chi connectivity index (χ4n) is 3.66. The third kappa shape index (κ3) is 9.75. The molecular formula is C30H39Cl2N5OS. The lowest BCUT2D eigenvalue weighted by atomic mass is 10.1. The van der Waals surface area contributed by atoms with Gasteiger partial charge in [-0.15, -0.1) is 0 Å². The quantitative estimate of drug-likeness (QED) is 0.212. The first-order chi connectivity index (χ1) is 18.8. The Kier molecular flexibility index (Phi) is 14.2. The van der Waals surface area contributed by atoms with Crippen LogP contribution in [0.3, 0.4) is 0 Å². The van der Waals surface area contributed by atoms with Crippen molar-refractivity contribution in [2.24, 2.45) is 0 Å². The predicted octanol–water partition coefficient (Wildman–Crippen LogP) is 8.58. The van der Waals surface area contributed by atoms with Crippen molar-refractivity contribution in [2.45, 2.75) is 47.1 Å². The Morgan fingerprint density at radius 2 is 1.74 bits per heavy atom. The van der Waals surface area contributed by atoms with Crippen molar-refractivity contribution in [3.8, 4) is 5.75 Å². The van der Waals surface area contributed by atoms with Gasteiger partial charge in [0.2, 0.25) is 0 Å². The molecule has 39 heavy (non-hydrogen) atoms. The molecule has 0 saturated carbocycles. The molecule has 4 rings (SSSR count). The largest absolute Gasteiger partial charge is 0.486 e.